The molecule has 0 spiro atoms. The molecule has 5 nitrogen and oxygen atoms in total. The normalized spacial score (nSPS) is 14.5. The van der Waals surface area contributed by atoms with Crippen molar-refractivity contribution >= 4 is 51.4 Å². The van der Waals surface area contributed by atoms with E-state index in [0.717, 1.165) is 28.1 Å². The van der Waals surface area contributed by atoms with Gasteiger partial charge < -0.3 is 9.47 Å². The minimum Gasteiger partial charge on any atom is -0.490 e. The molecular weight excluding hydrogens is 525 g/mol. The summed E-state index contributed by atoms with van der Waals surface area (Å²) in [5.41, 5.74) is 1.82. The molecule has 5 rings (SSSR count). The van der Waals surface area contributed by atoms with Crippen molar-refractivity contribution in [2.75, 3.05) is 6.61 Å². The number of amides is 2. The van der Waals surface area contributed by atoms with Gasteiger partial charge in [-0.15, -0.1) is 0 Å². The summed E-state index contributed by atoms with van der Waals surface area (Å²) in [6, 6.07) is 23.3. The fourth-order valence-electron chi connectivity index (χ4n) is 4.21. The number of rotatable bonds is 8. The highest BCUT2D eigenvalue weighted by Crippen LogP contribution is 2.36. The third-order valence-corrected chi connectivity index (χ3v) is 7.34. The van der Waals surface area contributed by atoms with Crippen molar-refractivity contribution in [1.29, 1.82) is 0 Å². The lowest BCUT2D eigenvalue weighted by Crippen LogP contribution is -2.27. The van der Waals surface area contributed by atoms with Crippen LogP contribution < -0.4 is 9.47 Å². The number of carbonyl (C=O) groups excluding carboxylic acids is 2. The molecule has 8 heteroatoms. The molecule has 0 bridgehead atoms. The van der Waals surface area contributed by atoms with Crippen LogP contribution in [-0.4, -0.2) is 22.7 Å². The lowest BCUT2D eigenvalue weighted by Gasteiger charge is -2.14. The van der Waals surface area contributed by atoms with Crippen LogP contribution in [0.4, 0.5) is 9.18 Å². The van der Waals surface area contributed by atoms with Crippen LogP contribution in [0.1, 0.15) is 23.6 Å². The summed E-state index contributed by atoms with van der Waals surface area (Å²) in [7, 11) is 0. The fraction of sp³-hybridized carbons (Fsp3) is 0.133. The molecule has 0 unspecified atom stereocenters. The zero-order chi connectivity index (χ0) is 26.6. The van der Waals surface area contributed by atoms with Crippen molar-refractivity contribution in [3.05, 3.63) is 111 Å². The summed E-state index contributed by atoms with van der Waals surface area (Å²) in [5.74, 6) is 0.0443. The third kappa shape index (κ3) is 5.39. The smallest absolute Gasteiger partial charge is 0.293 e. The second-order valence-electron chi connectivity index (χ2n) is 8.53. The van der Waals surface area contributed by atoms with Gasteiger partial charge in [0.15, 0.2) is 11.5 Å². The van der Waals surface area contributed by atoms with Crippen molar-refractivity contribution in [3.8, 4) is 11.5 Å². The first kappa shape index (κ1) is 25.8. The Hall–Kier alpha value is -3.81. The van der Waals surface area contributed by atoms with Crippen molar-refractivity contribution in [2.24, 2.45) is 0 Å². The molecule has 2 amide bonds. The van der Waals surface area contributed by atoms with Crippen molar-refractivity contribution in [2.45, 2.75) is 20.1 Å². The van der Waals surface area contributed by atoms with Gasteiger partial charge in [-0.05, 0) is 70.9 Å². The molecule has 1 aliphatic rings. The van der Waals surface area contributed by atoms with E-state index in [1.807, 2.05) is 49.4 Å². The Morgan fingerprint density at radius 3 is 2.55 bits per heavy atom. The van der Waals surface area contributed by atoms with Crippen molar-refractivity contribution in [3.63, 3.8) is 0 Å². The van der Waals surface area contributed by atoms with Crippen LogP contribution in [0, 0.1) is 5.82 Å². The average molecular weight is 548 g/mol. The second kappa shape index (κ2) is 11.3. The molecule has 192 valence electrons. The van der Waals surface area contributed by atoms with Gasteiger partial charge in [-0.25, -0.2) is 4.39 Å². The minimum atomic E-state index is -0.452. The SMILES string of the molecule is CCOc1cc(/C=C2\SC(=O)N(Cc3cccc4ccccc34)C2=O)ccc1OCc1c(F)cccc1Cl. The minimum absolute atomic E-state index is 0.0714. The monoisotopic (exact) mass is 547 g/mol. The summed E-state index contributed by atoms with van der Waals surface area (Å²) < 4.78 is 25.7. The van der Waals surface area contributed by atoms with E-state index in [1.165, 1.54) is 17.0 Å². The summed E-state index contributed by atoms with van der Waals surface area (Å²) >= 11 is 7.01. The molecule has 1 aliphatic heterocycles. The molecular formula is C30H23ClFNO4S. The first-order valence-corrected chi connectivity index (χ1v) is 13.2. The molecule has 0 atom stereocenters. The number of ether oxygens (including phenoxy) is 2. The maximum atomic E-state index is 14.1. The third-order valence-electron chi connectivity index (χ3n) is 6.08. The molecule has 4 aromatic carbocycles. The molecule has 1 heterocycles. The first-order valence-electron chi connectivity index (χ1n) is 12.0. The van der Waals surface area contributed by atoms with Gasteiger partial charge in [-0.1, -0.05) is 66.2 Å². The molecule has 0 N–H and O–H groups in total. The number of hydrogen-bond acceptors (Lipinski definition) is 5. The fourth-order valence-corrected chi connectivity index (χ4v) is 5.27. The predicted octanol–water partition coefficient (Wildman–Crippen LogP) is 7.85. The van der Waals surface area contributed by atoms with Gasteiger partial charge in [0.1, 0.15) is 12.4 Å². The van der Waals surface area contributed by atoms with Crippen molar-refractivity contribution < 1.29 is 23.5 Å². The van der Waals surface area contributed by atoms with Crippen LogP contribution in [-0.2, 0) is 17.9 Å². The number of hydrogen-bond donors (Lipinski definition) is 0. The number of nitrogens with zero attached hydrogens (tertiary/aromatic N) is 1. The summed E-state index contributed by atoms with van der Waals surface area (Å²) in [4.78, 5) is 27.5. The highest BCUT2D eigenvalue weighted by molar-refractivity contribution is 8.18. The number of thioether (sulfide) groups is 1. The summed E-state index contributed by atoms with van der Waals surface area (Å²) in [6.07, 6.45) is 1.66. The quantitative estimate of drug-likeness (QED) is 0.210. The topological polar surface area (TPSA) is 55.8 Å². The van der Waals surface area contributed by atoms with Gasteiger partial charge in [0.05, 0.1) is 23.1 Å². The predicted molar refractivity (Wildman–Crippen MR) is 149 cm³/mol. The Morgan fingerprint density at radius 1 is 0.947 bits per heavy atom. The van der Waals surface area contributed by atoms with E-state index in [0.29, 0.717) is 28.6 Å². The van der Waals surface area contributed by atoms with Crippen LogP contribution in [0.2, 0.25) is 5.02 Å². The Balaban J connectivity index is 1.36. The van der Waals surface area contributed by atoms with Crippen LogP contribution in [0.15, 0.2) is 83.8 Å². The maximum Gasteiger partial charge on any atom is 0.293 e. The van der Waals surface area contributed by atoms with Gasteiger partial charge in [-0.2, -0.15) is 0 Å². The number of halogens is 2. The van der Waals surface area contributed by atoms with Crippen LogP contribution in [0.3, 0.4) is 0 Å². The van der Waals surface area contributed by atoms with E-state index in [4.69, 9.17) is 21.1 Å². The Kier molecular flexibility index (Phi) is 7.67. The summed E-state index contributed by atoms with van der Waals surface area (Å²) in [5, 5.41) is 2.02. The standard InChI is InChI=1S/C30H23ClFNO4S/c1-2-36-27-15-19(13-14-26(27)37-18-23-24(31)11-6-12-25(23)32)16-28-29(34)33(30(35)38-28)17-21-9-5-8-20-7-3-4-10-22(20)21/h3-16H,2,17-18H2,1H3/b28-16-. The Bertz CT molecular complexity index is 1550. The van der Waals surface area contributed by atoms with Gasteiger partial charge >= 0.3 is 0 Å². The van der Waals surface area contributed by atoms with Gasteiger partial charge in [-0.3, -0.25) is 14.5 Å². The molecule has 1 fully saturated rings. The summed E-state index contributed by atoms with van der Waals surface area (Å²) in [6.45, 7) is 2.33. The van der Waals surface area contributed by atoms with E-state index in [1.54, 1.807) is 30.3 Å². The van der Waals surface area contributed by atoms with Gasteiger partial charge in [0, 0.05) is 5.56 Å². The highest BCUT2D eigenvalue weighted by atomic mass is 35.5. The first-order chi connectivity index (χ1) is 18.4. The number of carbonyl (C=O) groups is 2. The van der Waals surface area contributed by atoms with Gasteiger partial charge in [0.25, 0.3) is 11.1 Å². The molecule has 0 aliphatic carbocycles. The average Bonchev–Trinajstić information content (AvgIpc) is 3.17. The van der Waals surface area contributed by atoms with E-state index in [2.05, 4.69) is 0 Å². The highest BCUT2D eigenvalue weighted by Gasteiger charge is 2.35. The van der Waals surface area contributed by atoms with E-state index >= 15 is 0 Å². The number of fused-ring (bicyclic) bond motifs is 1. The van der Waals surface area contributed by atoms with Gasteiger partial charge in [0.2, 0.25) is 0 Å². The zero-order valence-corrected chi connectivity index (χ0v) is 22.0. The molecule has 0 radical (unpaired) electrons. The van der Waals surface area contributed by atoms with Crippen LogP contribution in [0.25, 0.3) is 16.8 Å². The molecule has 0 aromatic heterocycles. The number of imide groups is 1. The lowest BCUT2D eigenvalue weighted by atomic mass is 10.0. The second-order valence-corrected chi connectivity index (χ2v) is 9.93. The van der Waals surface area contributed by atoms with Crippen LogP contribution >= 0.6 is 23.4 Å². The largest absolute Gasteiger partial charge is 0.490 e. The molecule has 4 aromatic rings. The van der Waals surface area contributed by atoms with E-state index in [9.17, 15) is 14.0 Å². The lowest BCUT2D eigenvalue weighted by molar-refractivity contribution is -0.123. The zero-order valence-electron chi connectivity index (χ0n) is 20.4. The molecule has 1 saturated heterocycles. The van der Waals surface area contributed by atoms with E-state index in [-0.39, 0.29) is 34.9 Å². The number of benzene rings is 4. The van der Waals surface area contributed by atoms with Crippen LogP contribution in [0.5, 0.6) is 11.5 Å². The van der Waals surface area contributed by atoms with Crippen molar-refractivity contribution in [1.82, 2.24) is 4.90 Å². The Labute approximate surface area is 228 Å². The molecule has 0 saturated carbocycles. The Morgan fingerprint density at radius 2 is 1.74 bits per heavy atom. The maximum absolute atomic E-state index is 14.1. The molecule has 38 heavy (non-hydrogen) atoms. The van der Waals surface area contributed by atoms with E-state index < -0.39 is 5.82 Å².